The lowest BCUT2D eigenvalue weighted by atomic mass is 9.98. The van der Waals surface area contributed by atoms with Crippen LogP contribution >= 0.6 is 0 Å². The Morgan fingerprint density at radius 3 is 2.44 bits per heavy atom. The van der Waals surface area contributed by atoms with Crippen LogP contribution < -0.4 is 10.9 Å². The summed E-state index contributed by atoms with van der Waals surface area (Å²) in [6.07, 6.45) is 0.851. The van der Waals surface area contributed by atoms with Crippen molar-refractivity contribution in [2.75, 3.05) is 27.2 Å². The molecule has 32 heavy (non-hydrogen) atoms. The van der Waals surface area contributed by atoms with Crippen molar-refractivity contribution in [1.82, 2.24) is 10.2 Å². The van der Waals surface area contributed by atoms with Crippen molar-refractivity contribution in [2.24, 2.45) is 0 Å². The maximum Gasteiger partial charge on any atom is 0.340 e. The lowest BCUT2D eigenvalue weighted by molar-refractivity contribution is -0.120. The van der Waals surface area contributed by atoms with E-state index in [2.05, 4.69) is 10.2 Å². The minimum atomic E-state index is -0.482. The molecule has 2 heterocycles. The zero-order chi connectivity index (χ0) is 22.8. The Hall–Kier alpha value is -3.38. The van der Waals surface area contributed by atoms with Gasteiger partial charge in [0.05, 0.1) is 12.0 Å². The number of nitrogens with one attached hydrogen (secondary N) is 1. The summed E-state index contributed by atoms with van der Waals surface area (Å²) in [5, 5.41) is 4.66. The average Bonchev–Trinajstić information content (AvgIpc) is 3.08. The van der Waals surface area contributed by atoms with Crippen LogP contribution in [0.2, 0.25) is 0 Å². The number of rotatable bonds is 7. The Bertz CT molecular complexity index is 1330. The van der Waals surface area contributed by atoms with Crippen molar-refractivity contribution in [1.29, 1.82) is 0 Å². The van der Waals surface area contributed by atoms with E-state index in [4.69, 9.17) is 8.83 Å². The fourth-order valence-corrected chi connectivity index (χ4v) is 4.12. The monoisotopic (exact) mass is 432 g/mol. The van der Waals surface area contributed by atoms with E-state index < -0.39 is 5.63 Å². The molecule has 166 valence electrons. The smallest absolute Gasteiger partial charge is 0.340 e. The SMILES string of the molecule is Cc1oc2cc3oc(=O)c(CC(=O)NCCCN(C)C)c(C)c3cc2c1-c1ccccc1. The number of fused-ring (bicyclic) bond motifs is 2. The minimum Gasteiger partial charge on any atom is -0.461 e. The van der Waals surface area contributed by atoms with Crippen LogP contribution in [0.1, 0.15) is 23.3 Å². The van der Waals surface area contributed by atoms with Crippen LogP contribution in [0.15, 0.2) is 56.1 Å². The lowest BCUT2D eigenvalue weighted by Gasteiger charge is -2.11. The van der Waals surface area contributed by atoms with Gasteiger partial charge in [-0.05, 0) is 58.1 Å². The summed E-state index contributed by atoms with van der Waals surface area (Å²) in [5.41, 5.74) is 3.89. The molecule has 0 atom stereocenters. The van der Waals surface area contributed by atoms with Crippen molar-refractivity contribution < 1.29 is 13.6 Å². The van der Waals surface area contributed by atoms with E-state index in [1.54, 1.807) is 6.07 Å². The molecule has 0 radical (unpaired) electrons. The van der Waals surface area contributed by atoms with Crippen LogP contribution in [0.25, 0.3) is 33.1 Å². The van der Waals surface area contributed by atoms with Gasteiger partial charge < -0.3 is 19.1 Å². The van der Waals surface area contributed by atoms with E-state index in [9.17, 15) is 9.59 Å². The summed E-state index contributed by atoms with van der Waals surface area (Å²) in [4.78, 5) is 27.2. The highest BCUT2D eigenvalue weighted by Crippen LogP contribution is 2.37. The largest absolute Gasteiger partial charge is 0.461 e. The van der Waals surface area contributed by atoms with Crippen LogP contribution in [0.3, 0.4) is 0 Å². The standard InChI is InChI=1S/C26H28N2O4/c1-16-19-13-21-23(31-17(2)25(21)18-9-6-5-7-10-18)15-22(19)32-26(30)20(16)14-24(29)27-11-8-12-28(3)4/h5-7,9-10,13,15H,8,11-12,14H2,1-4H3,(H,27,29). The Kier molecular flexibility index (Phi) is 6.15. The first kappa shape index (κ1) is 21.8. The molecule has 0 fully saturated rings. The molecule has 0 aliphatic heterocycles. The van der Waals surface area contributed by atoms with Gasteiger partial charge in [-0.3, -0.25) is 4.79 Å². The Morgan fingerprint density at radius 1 is 1.00 bits per heavy atom. The topological polar surface area (TPSA) is 75.7 Å². The van der Waals surface area contributed by atoms with Gasteiger partial charge in [0.15, 0.2) is 0 Å². The highest BCUT2D eigenvalue weighted by molar-refractivity contribution is 6.03. The zero-order valence-electron chi connectivity index (χ0n) is 19.0. The second-order valence-electron chi connectivity index (χ2n) is 8.42. The summed E-state index contributed by atoms with van der Waals surface area (Å²) >= 11 is 0. The molecule has 0 aliphatic rings. The van der Waals surface area contributed by atoms with Gasteiger partial charge >= 0.3 is 5.63 Å². The molecule has 4 aromatic rings. The normalized spacial score (nSPS) is 11.5. The van der Waals surface area contributed by atoms with Crippen molar-refractivity contribution in [3.05, 3.63) is 69.8 Å². The molecule has 0 saturated carbocycles. The first-order chi connectivity index (χ1) is 15.3. The van der Waals surface area contributed by atoms with E-state index in [1.165, 1.54) is 0 Å². The van der Waals surface area contributed by atoms with Gasteiger partial charge in [-0.25, -0.2) is 4.79 Å². The Morgan fingerprint density at radius 2 is 1.72 bits per heavy atom. The average molecular weight is 433 g/mol. The number of hydrogen-bond donors (Lipinski definition) is 1. The maximum atomic E-state index is 12.7. The number of furan rings is 1. The first-order valence-corrected chi connectivity index (χ1v) is 10.8. The fourth-order valence-electron chi connectivity index (χ4n) is 4.12. The van der Waals surface area contributed by atoms with Crippen molar-refractivity contribution in [3.8, 4) is 11.1 Å². The Balaban J connectivity index is 1.71. The predicted molar refractivity (Wildman–Crippen MR) is 127 cm³/mol. The molecule has 0 unspecified atom stereocenters. The third-order valence-electron chi connectivity index (χ3n) is 5.78. The summed E-state index contributed by atoms with van der Waals surface area (Å²) in [7, 11) is 3.99. The number of benzene rings is 2. The van der Waals surface area contributed by atoms with E-state index in [1.807, 2.05) is 64.3 Å². The number of nitrogens with zero attached hydrogens (tertiary/aromatic N) is 1. The molecule has 0 bridgehead atoms. The van der Waals surface area contributed by atoms with Crippen LogP contribution in [0, 0.1) is 13.8 Å². The second-order valence-corrected chi connectivity index (χ2v) is 8.42. The molecular formula is C26H28N2O4. The van der Waals surface area contributed by atoms with Gasteiger partial charge in [0.25, 0.3) is 0 Å². The van der Waals surface area contributed by atoms with Crippen molar-refractivity contribution in [2.45, 2.75) is 26.7 Å². The van der Waals surface area contributed by atoms with Gasteiger partial charge in [-0.15, -0.1) is 0 Å². The number of carbonyl (C=O) groups is 1. The fraction of sp³-hybridized carbons (Fsp3) is 0.308. The molecule has 6 nitrogen and oxygen atoms in total. The lowest BCUT2D eigenvalue weighted by Crippen LogP contribution is -2.30. The molecule has 0 saturated heterocycles. The highest BCUT2D eigenvalue weighted by Gasteiger charge is 2.19. The molecule has 0 spiro atoms. The highest BCUT2D eigenvalue weighted by atomic mass is 16.4. The Labute approximate surface area is 186 Å². The minimum absolute atomic E-state index is 0.0000647. The van der Waals surface area contributed by atoms with Crippen LogP contribution in [-0.2, 0) is 11.2 Å². The van der Waals surface area contributed by atoms with Gasteiger partial charge in [-0.2, -0.15) is 0 Å². The van der Waals surface area contributed by atoms with E-state index in [-0.39, 0.29) is 12.3 Å². The summed E-state index contributed by atoms with van der Waals surface area (Å²) in [6.45, 7) is 5.27. The number of hydrogen-bond acceptors (Lipinski definition) is 5. The summed E-state index contributed by atoms with van der Waals surface area (Å²) in [6, 6.07) is 13.8. The molecule has 2 aromatic carbocycles. The molecular weight excluding hydrogens is 404 g/mol. The maximum absolute atomic E-state index is 12.7. The molecule has 0 aliphatic carbocycles. The van der Waals surface area contributed by atoms with Crippen molar-refractivity contribution >= 4 is 27.8 Å². The van der Waals surface area contributed by atoms with E-state index >= 15 is 0 Å². The number of amides is 1. The van der Waals surface area contributed by atoms with Gasteiger partial charge in [-0.1, -0.05) is 30.3 Å². The van der Waals surface area contributed by atoms with Crippen LogP contribution in [0.5, 0.6) is 0 Å². The quantitative estimate of drug-likeness (QED) is 0.345. The van der Waals surface area contributed by atoms with E-state index in [0.717, 1.165) is 46.2 Å². The third-order valence-corrected chi connectivity index (χ3v) is 5.78. The van der Waals surface area contributed by atoms with Gasteiger partial charge in [0.1, 0.15) is 16.9 Å². The van der Waals surface area contributed by atoms with Gasteiger partial charge in [0.2, 0.25) is 5.91 Å². The summed E-state index contributed by atoms with van der Waals surface area (Å²) in [5.74, 6) is 0.627. The third kappa shape index (κ3) is 4.32. The van der Waals surface area contributed by atoms with Gasteiger partial charge in [0, 0.05) is 28.9 Å². The van der Waals surface area contributed by atoms with Crippen molar-refractivity contribution in [3.63, 3.8) is 0 Å². The van der Waals surface area contributed by atoms with E-state index in [0.29, 0.717) is 23.3 Å². The molecule has 4 rings (SSSR count). The second kappa shape index (κ2) is 9.01. The number of carbonyl (C=O) groups excluding carboxylic acids is 1. The molecule has 6 heteroatoms. The first-order valence-electron chi connectivity index (χ1n) is 10.8. The van der Waals surface area contributed by atoms with Crippen LogP contribution in [0.4, 0.5) is 0 Å². The number of aryl methyl sites for hydroxylation is 2. The zero-order valence-corrected chi connectivity index (χ0v) is 19.0. The predicted octanol–water partition coefficient (Wildman–Crippen LogP) is 4.43. The molecule has 1 N–H and O–H groups in total. The molecule has 2 aromatic heterocycles. The summed E-state index contributed by atoms with van der Waals surface area (Å²) < 4.78 is 11.6. The molecule has 1 amide bonds. The van der Waals surface area contributed by atoms with Crippen LogP contribution in [-0.4, -0.2) is 38.0 Å².